The summed E-state index contributed by atoms with van der Waals surface area (Å²) in [4.78, 5) is 8.28. The molecule has 0 saturated heterocycles. The minimum atomic E-state index is 1.01. The molecule has 0 aliphatic rings. The number of nitrogens with zero attached hydrogens (tertiary/aromatic N) is 2. The Labute approximate surface area is 99.2 Å². The maximum atomic E-state index is 4.29. The van der Waals surface area contributed by atoms with Crippen LogP contribution >= 0.6 is 0 Å². The van der Waals surface area contributed by atoms with E-state index in [-0.39, 0.29) is 0 Å². The highest BCUT2D eigenvalue weighted by Crippen LogP contribution is 2.20. The monoisotopic (exact) mass is 221 g/mol. The molecule has 0 aliphatic carbocycles. The molecule has 1 N–H and O–H groups in total. The highest BCUT2D eigenvalue weighted by Gasteiger charge is 1.97. The summed E-state index contributed by atoms with van der Waals surface area (Å²) in [5.74, 6) is 0. The lowest BCUT2D eigenvalue weighted by Crippen LogP contribution is -1.90. The molecule has 3 aromatic rings. The van der Waals surface area contributed by atoms with Crippen LogP contribution < -0.4 is 5.32 Å². The summed E-state index contributed by atoms with van der Waals surface area (Å²) in [7, 11) is 0. The van der Waals surface area contributed by atoms with E-state index >= 15 is 0 Å². The van der Waals surface area contributed by atoms with Gasteiger partial charge in [0.25, 0.3) is 0 Å². The summed E-state index contributed by atoms with van der Waals surface area (Å²) in [5, 5.41) is 4.46. The van der Waals surface area contributed by atoms with Gasteiger partial charge in [0.2, 0.25) is 0 Å². The molecule has 2 aromatic heterocycles. The quantitative estimate of drug-likeness (QED) is 0.721. The fourth-order valence-corrected chi connectivity index (χ4v) is 1.76. The van der Waals surface area contributed by atoms with Gasteiger partial charge in [0.15, 0.2) is 0 Å². The van der Waals surface area contributed by atoms with E-state index in [9.17, 15) is 0 Å². The molecule has 2 heterocycles. The second-order valence-corrected chi connectivity index (χ2v) is 3.77. The van der Waals surface area contributed by atoms with Crippen molar-refractivity contribution in [3.05, 3.63) is 61.1 Å². The van der Waals surface area contributed by atoms with Crippen molar-refractivity contribution in [3.8, 4) is 0 Å². The first kappa shape index (κ1) is 9.78. The molecule has 0 aliphatic heterocycles. The average molecular weight is 221 g/mol. The summed E-state index contributed by atoms with van der Waals surface area (Å²) in [6.45, 7) is 0. The Morgan fingerprint density at radius 3 is 2.59 bits per heavy atom. The van der Waals surface area contributed by atoms with E-state index in [0.29, 0.717) is 0 Å². The van der Waals surface area contributed by atoms with E-state index in [1.807, 2.05) is 30.3 Å². The number of benzene rings is 1. The van der Waals surface area contributed by atoms with Gasteiger partial charge in [-0.25, -0.2) is 0 Å². The van der Waals surface area contributed by atoms with Gasteiger partial charge in [0.05, 0.1) is 5.52 Å². The van der Waals surface area contributed by atoms with Crippen LogP contribution in [0.5, 0.6) is 0 Å². The Morgan fingerprint density at radius 1 is 0.824 bits per heavy atom. The van der Waals surface area contributed by atoms with Crippen molar-refractivity contribution in [2.45, 2.75) is 0 Å². The van der Waals surface area contributed by atoms with Crippen molar-refractivity contribution in [3.63, 3.8) is 0 Å². The smallest absolute Gasteiger partial charge is 0.0703 e. The van der Waals surface area contributed by atoms with Gasteiger partial charge in [-0.1, -0.05) is 6.07 Å². The highest BCUT2D eigenvalue weighted by atomic mass is 14.9. The van der Waals surface area contributed by atoms with E-state index in [2.05, 4.69) is 27.4 Å². The molecule has 1 aromatic carbocycles. The molecule has 82 valence electrons. The van der Waals surface area contributed by atoms with Crippen LogP contribution in [0.15, 0.2) is 61.1 Å². The SMILES string of the molecule is c1cnc2ccc(Nc3ccncc3)cc2c1. The van der Waals surface area contributed by atoms with Crippen LogP contribution in [0.2, 0.25) is 0 Å². The van der Waals surface area contributed by atoms with Crippen LogP contribution in [0.3, 0.4) is 0 Å². The van der Waals surface area contributed by atoms with Gasteiger partial charge in [-0.05, 0) is 36.4 Å². The van der Waals surface area contributed by atoms with Crippen LogP contribution in [0, 0.1) is 0 Å². The van der Waals surface area contributed by atoms with Gasteiger partial charge in [-0.2, -0.15) is 0 Å². The fourth-order valence-electron chi connectivity index (χ4n) is 1.76. The molecule has 0 fully saturated rings. The summed E-state index contributed by atoms with van der Waals surface area (Å²) < 4.78 is 0. The summed E-state index contributed by atoms with van der Waals surface area (Å²) in [6.07, 6.45) is 5.34. The van der Waals surface area contributed by atoms with Crippen LogP contribution in [-0.4, -0.2) is 9.97 Å². The molecular weight excluding hydrogens is 210 g/mol. The van der Waals surface area contributed by atoms with Crippen molar-refractivity contribution in [1.29, 1.82) is 0 Å². The maximum absolute atomic E-state index is 4.29. The third kappa shape index (κ3) is 2.08. The lowest BCUT2D eigenvalue weighted by Gasteiger charge is -2.06. The van der Waals surface area contributed by atoms with Crippen molar-refractivity contribution >= 4 is 22.3 Å². The predicted molar refractivity (Wildman–Crippen MR) is 69.3 cm³/mol. The largest absolute Gasteiger partial charge is 0.355 e. The number of pyridine rings is 2. The van der Waals surface area contributed by atoms with Crippen LogP contribution in [0.1, 0.15) is 0 Å². The zero-order chi connectivity index (χ0) is 11.5. The Kier molecular flexibility index (Phi) is 2.43. The summed E-state index contributed by atoms with van der Waals surface area (Å²) in [5.41, 5.74) is 3.09. The van der Waals surface area contributed by atoms with Gasteiger partial charge in [0.1, 0.15) is 0 Å². The Hall–Kier alpha value is -2.42. The first-order valence-electron chi connectivity index (χ1n) is 5.44. The summed E-state index contributed by atoms with van der Waals surface area (Å²) in [6, 6.07) is 14.0. The zero-order valence-electron chi connectivity index (χ0n) is 9.17. The molecule has 3 heteroatoms. The normalized spacial score (nSPS) is 10.4. The van der Waals surface area contributed by atoms with Crippen LogP contribution in [0.4, 0.5) is 11.4 Å². The lowest BCUT2D eigenvalue weighted by atomic mass is 10.2. The first-order chi connectivity index (χ1) is 8.42. The second-order valence-electron chi connectivity index (χ2n) is 3.77. The van der Waals surface area contributed by atoms with E-state index in [4.69, 9.17) is 0 Å². The van der Waals surface area contributed by atoms with Gasteiger partial charge in [0, 0.05) is 35.4 Å². The van der Waals surface area contributed by atoms with Gasteiger partial charge >= 0.3 is 0 Å². The summed E-state index contributed by atoms with van der Waals surface area (Å²) >= 11 is 0. The Bertz CT molecular complexity index is 635. The zero-order valence-corrected chi connectivity index (χ0v) is 9.17. The van der Waals surface area contributed by atoms with Crippen molar-refractivity contribution in [1.82, 2.24) is 9.97 Å². The number of anilines is 2. The van der Waals surface area contributed by atoms with Crippen molar-refractivity contribution < 1.29 is 0 Å². The van der Waals surface area contributed by atoms with Gasteiger partial charge in [-0.15, -0.1) is 0 Å². The molecule has 0 unspecified atom stereocenters. The predicted octanol–water partition coefficient (Wildman–Crippen LogP) is 3.37. The molecular formula is C14H11N3. The minimum absolute atomic E-state index is 1.01. The molecule has 0 amide bonds. The lowest BCUT2D eigenvalue weighted by molar-refractivity contribution is 1.32. The topological polar surface area (TPSA) is 37.8 Å². The van der Waals surface area contributed by atoms with E-state index < -0.39 is 0 Å². The first-order valence-corrected chi connectivity index (χ1v) is 5.44. The van der Waals surface area contributed by atoms with Gasteiger partial charge in [-0.3, -0.25) is 9.97 Å². The second kappa shape index (κ2) is 4.22. The van der Waals surface area contributed by atoms with E-state index in [0.717, 1.165) is 22.3 Å². The fraction of sp³-hybridized carbons (Fsp3) is 0. The number of nitrogens with one attached hydrogen (secondary N) is 1. The number of fused-ring (bicyclic) bond motifs is 1. The van der Waals surface area contributed by atoms with E-state index in [1.54, 1.807) is 18.6 Å². The highest BCUT2D eigenvalue weighted by molar-refractivity contribution is 5.83. The average Bonchev–Trinajstić information content (AvgIpc) is 2.40. The third-order valence-electron chi connectivity index (χ3n) is 2.57. The Balaban J connectivity index is 1.96. The molecule has 0 spiro atoms. The van der Waals surface area contributed by atoms with Crippen LogP contribution in [0.25, 0.3) is 10.9 Å². The molecule has 3 nitrogen and oxygen atoms in total. The molecule has 0 saturated carbocycles. The molecule has 0 atom stereocenters. The van der Waals surface area contributed by atoms with Gasteiger partial charge < -0.3 is 5.32 Å². The maximum Gasteiger partial charge on any atom is 0.0703 e. The molecule has 0 bridgehead atoms. The number of rotatable bonds is 2. The standard InChI is InChI=1S/C14H11N3/c1-2-11-10-13(3-4-14(11)16-7-1)17-12-5-8-15-9-6-12/h1-10H,(H,15,17). The Morgan fingerprint density at radius 2 is 1.71 bits per heavy atom. The van der Waals surface area contributed by atoms with Crippen molar-refractivity contribution in [2.75, 3.05) is 5.32 Å². The molecule has 3 rings (SSSR count). The molecule has 0 radical (unpaired) electrons. The minimum Gasteiger partial charge on any atom is -0.355 e. The van der Waals surface area contributed by atoms with E-state index in [1.165, 1.54) is 0 Å². The molecule has 17 heavy (non-hydrogen) atoms. The number of hydrogen-bond donors (Lipinski definition) is 1. The van der Waals surface area contributed by atoms with Crippen LogP contribution in [-0.2, 0) is 0 Å². The van der Waals surface area contributed by atoms with Crippen molar-refractivity contribution in [2.24, 2.45) is 0 Å². The number of aromatic nitrogens is 2. The third-order valence-corrected chi connectivity index (χ3v) is 2.57. The number of hydrogen-bond acceptors (Lipinski definition) is 3.